The van der Waals surface area contributed by atoms with E-state index in [0.29, 0.717) is 13.2 Å². The molecule has 0 aliphatic carbocycles. The molecule has 0 aliphatic heterocycles. The normalized spacial score (nSPS) is 10.2. The van der Waals surface area contributed by atoms with E-state index in [1.807, 2.05) is 19.1 Å². The van der Waals surface area contributed by atoms with Crippen LogP contribution in [-0.2, 0) is 13.1 Å². The highest BCUT2D eigenvalue weighted by Crippen LogP contribution is 2.28. The average Bonchev–Trinajstić information content (AvgIpc) is 2.55. The van der Waals surface area contributed by atoms with Crippen molar-refractivity contribution in [3.05, 3.63) is 72.3 Å². The van der Waals surface area contributed by atoms with Crippen LogP contribution in [0.4, 0.5) is 0 Å². The lowest BCUT2D eigenvalue weighted by Gasteiger charge is -2.12. The van der Waals surface area contributed by atoms with E-state index in [1.54, 1.807) is 6.08 Å². The van der Waals surface area contributed by atoms with Crippen LogP contribution in [0, 0.1) is 0 Å². The topological polar surface area (TPSA) is 35.1 Å². The Balaban J connectivity index is 1.95. The Morgan fingerprint density at radius 3 is 2.45 bits per heavy atom. The molecule has 0 bridgehead atoms. The Kier molecular flexibility index (Phi) is 6.52. The zero-order valence-electron chi connectivity index (χ0n) is 13.1. The molecule has 0 saturated carbocycles. The van der Waals surface area contributed by atoms with Crippen LogP contribution < -0.4 is 14.8 Å². The third-order valence-electron chi connectivity index (χ3n) is 3.27. The first-order valence-corrected chi connectivity index (χ1v) is 7.68. The Morgan fingerprint density at radius 2 is 1.73 bits per heavy atom. The number of benzene rings is 2. The van der Waals surface area contributed by atoms with Gasteiger partial charge in [-0.2, -0.15) is 0 Å². The number of hydrogen-bond acceptors (Lipinski definition) is 2. The van der Waals surface area contributed by atoms with Crippen LogP contribution in [0.25, 0.3) is 0 Å². The molecule has 3 nitrogen and oxygen atoms in total. The van der Waals surface area contributed by atoms with Gasteiger partial charge in [0.2, 0.25) is 0 Å². The van der Waals surface area contributed by atoms with Crippen molar-refractivity contribution in [2.45, 2.75) is 20.0 Å². The molecule has 0 saturated heterocycles. The maximum atomic E-state index is 5.67. The fraction of sp³-hybridized carbons (Fsp3) is 0.263. The van der Waals surface area contributed by atoms with E-state index in [-0.39, 0.29) is 0 Å². The van der Waals surface area contributed by atoms with E-state index in [9.17, 15) is 0 Å². The van der Waals surface area contributed by atoms with Gasteiger partial charge >= 0.3 is 0 Å². The molecule has 2 rings (SSSR count). The Hall–Kier alpha value is -2.26. The van der Waals surface area contributed by atoms with Crippen LogP contribution in [0.3, 0.4) is 0 Å². The molecule has 0 aromatic heterocycles. The van der Waals surface area contributed by atoms with Crippen molar-refractivity contribution in [2.75, 3.05) is 13.2 Å². The van der Waals surface area contributed by atoms with Gasteiger partial charge in [0, 0.05) is 11.1 Å². The summed E-state index contributed by atoms with van der Waals surface area (Å²) in [6.07, 6.45) is 1.73. The van der Waals surface area contributed by atoms with Crippen LogP contribution in [0.1, 0.15) is 18.1 Å². The quantitative estimate of drug-likeness (QED) is 0.722. The van der Waals surface area contributed by atoms with Gasteiger partial charge in [-0.05, 0) is 25.1 Å². The zero-order valence-corrected chi connectivity index (χ0v) is 13.1. The molecule has 2 N–H and O–H groups in total. The van der Waals surface area contributed by atoms with Gasteiger partial charge in [-0.15, -0.1) is 0 Å². The van der Waals surface area contributed by atoms with Crippen molar-refractivity contribution in [3.63, 3.8) is 0 Å². The Morgan fingerprint density at radius 1 is 0.955 bits per heavy atom. The number of quaternary nitrogens is 1. The Labute approximate surface area is 132 Å². The van der Waals surface area contributed by atoms with E-state index < -0.39 is 0 Å². The van der Waals surface area contributed by atoms with Gasteiger partial charge in [-0.25, -0.2) is 0 Å². The summed E-state index contributed by atoms with van der Waals surface area (Å²) in [4.78, 5) is 0. The maximum Gasteiger partial charge on any atom is 0.161 e. The van der Waals surface area contributed by atoms with Crippen LogP contribution in [0.15, 0.2) is 61.2 Å². The lowest BCUT2D eigenvalue weighted by atomic mass is 10.2. The molecule has 0 amide bonds. The standard InChI is InChI=1S/C19H23NO2/c1-3-12-22-18-11-10-17(13-19(18)21-4-2)15-20-14-16-8-6-5-7-9-16/h3,5-11,13,20H,1,4,12,14-15H2,2H3/p+1. The van der Waals surface area contributed by atoms with Crippen LogP contribution >= 0.6 is 0 Å². The van der Waals surface area contributed by atoms with Crippen molar-refractivity contribution in [3.8, 4) is 11.5 Å². The summed E-state index contributed by atoms with van der Waals surface area (Å²) in [5, 5.41) is 2.28. The minimum atomic E-state index is 0.486. The largest absolute Gasteiger partial charge is 0.490 e. The number of hydrogen-bond donors (Lipinski definition) is 1. The van der Waals surface area contributed by atoms with E-state index in [0.717, 1.165) is 24.6 Å². The van der Waals surface area contributed by atoms with Gasteiger partial charge in [0.25, 0.3) is 0 Å². The van der Waals surface area contributed by atoms with Crippen molar-refractivity contribution in [1.82, 2.24) is 0 Å². The zero-order chi connectivity index (χ0) is 15.6. The van der Waals surface area contributed by atoms with Gasteiger partial charge in [0.15, 0.2) is 11.5 Å². The SMILES string of the molecule is C=CCOc1ccc(C[NH2+]Cc2ccccc2)cc1OCC. The molecule has 0 heterocycles. The first-order chi connectivity index (χ1) is 10.8. The molecule has 22 heavy (non-hydrogen) atoms. The molecule has 0 atom stereocenters. The van der Waals surface area contributed by atoms with Crippen LogP contribution in [-0.4, -0.2) is 13.2 Å². The minimum absolute atomic E-state index is 0.486. The highest BCUT2D eigenvalue weighted by molar-refractivity contribution is 5.42. The summed E-state index contributed by atoms with van der Waals surface area (Å²) < 4.78 is 11.3. The maximum absolute atomic E-state index is 5.67. The second kappa shape index (κ2) is 8.90. The Bertz CT molecular complexity index is 581. The fourth-order valence-electron chi connectivity index (χ4n) is 2.24. The minimum Gasteiger partial charge on any atom is -0.490 e. The molecule has 3 heteroatoms. The second-order valence-corrected chi connectivity index (χ2v) is 5.00. The third-order valence-corrected chi connectivity index (χ3v) is 3.27. The van der Waals surface area contributed by atoms with Gasteiger partial charge in [0.1, 0.15) is 19.7 Å². The van der Waals surface area contributed by atoms with Gasteiger partial charge < -0.3 is 14.8 Å². The van der Waals surface area contributed by atoms with Crippen molar-refractivity contribution in [1.29, 1.82) is 0 Å². The van der Waals surface area contributed by atoms with Gasteiger partial charge in [0.05, 0.1) is 6.61 Å². The number of nitrogens with two attached hydrogens (primary N) is 1. The van der Waals surface area contributed by atoms with Gasteiger partial charge in [-0.1, -0.05) is 43.0 Å². The molecule has 2 aromatic carbocycles. The number of ether oxygens (including phenoxy) is 2. The summed E-state index contributed by atoms with van der Waals surface area (Å²) in [6.45, 7) is 8.64. The smallest absolute Gasteiger partial charge is 0.161 e. The molecule has 2 aromatic rings. The summed E-state index contributed by atoms with van der Waals surface area (Å²) in [7, 11) is 0. The lowest BCUT2D eigenvalue weighted by Crippen LogP contribution is -2.80. The van der Waals surface area contributed by atoms with Crippen molar-refractivity contribution in [2.24, 2.45) is 0 Å². The van der Waals surface area contributed by atoms with E-state index in [1.165, 1.54) is 11.1 Å². The predicted octanol–water partition coefficient (Wildman–Crippen LogP) is 2.91. The molecule has 0 fully saturated rings. The molecule has 0 spiro atoms. The summed E-state index contributed by atoms with van der Waals surface area (Å²) in [5.41, 5.74) is 2.56. The molecular weight excluding hydrogens is 274 g/mol. The summed E-state index contributed by atoms with van der Waals surface area (Å²) in [5.74, 6) is 1.57. The van der Waals surface area contributed by atoms with E-state index >= 15 is 0 Å². The van der Waals surface area contributed by atoms with Crippen molar-refractivity contribution < 1.29 is 14.8 Å². The number of rotatable bonds is 9. The first kappa shape index (κ1) is 16.1. The summed E-state index contributed by atoms with van der Waals surface area (Å²) in [6, 6.07) is 16.6. The van der Waals surface area contributed by atoms with Crippen LogP contribution in [0.5, 0.6) is 11.5 Å². The molecular formula is C19H24NO2+. The second-order valence-electron chi connectivity index (χ2n) is 5.00. The molecule has 0 radical (unpaired) electrons. The molecule has 0 unspecified atom stereocenters. The van der Waals surface area contributed by atoms with Crippen molar-refractivity contribution >= 4 is 0 Å². The molecule has 0 aliphatic rings. The highest BCUT2D eigenvalue weighted by atomic mass is 16.5. The summed E-state index contributed by atoms with van der Waals surface area (Å²) >= 11 is 0. The highest BCUT2D eigenvalue weighted by Gasteiger charge is 2.07. The average molecular weight is 298 g/mol. The van der Waals surface area contributed by atoms with E-state index in [4.69, 9.17) is 9.47 Å². The molecule has 116 valence electrons. The first-order valence-electron chi connectivity index (χ1n) is 7.68. The fourth-order valence-corrected chi connectivity index (χ4v) is 2.24. The third kappa shape index (κ3) is 4.93. The predicted molar refractivity (Wildman–Crippen MR) is 89.1 cm³/mol. The van der Waals surface area contributed by atoms with Gasteiger partial charge in [-0.3, -0.25) is 0 Å². The lowest BCUT2D eigenvalue weighted by molar-refractivity contribution is -0.686. The monoisotopic (exact) mass is 298 g/mol. The van der Waals surface area contributed by atoms with E-state index in [2.05, 4.69) is 48.3 Å². The van der Waals surface area contributed by atoms with Crippen LogP contribution in [0.2, 0.25) is 0 Å².